The molecule has 2 aromatic carbocycles. The van der Waals surface area contributed by atoms with Crippen LogP contribution in [0.1, 0.15) is 36.9 Å². The molecule has 5 rings (SSSR count). The highest BCUT2D eigenvalue weighted by Crippen LogP contribution is 2.37. The number of carbonyl (C=O) groups excluding carboxylic acids is 1. The maximum Gasteiger partial charge on any atom is 0.433 e. The van der Waals surface area contributed by atoms with Crippen molar-refractivity contribution in [3.63, 3.8) is 0 Å². The molecule has 1 saturated carbocycles. The molecular weight excluding hydrogens is 501 g/mol. The molecule has 4 aromatic rings. The largest absolute Gasteiger partial charge is 0.433 e. The molecule has 0 radical (unpaired) electrons. The van der Waals surface area contributed by atoms with Crippen molar-refractivity contribution in [1.82, 2.24) is 14.9 Å². The van der Waals surface area contributed by atoms with Gasteiger partial charge < -0.3 is 14.8 Å². The first-order valence-corrected chi connectivity index (χ1v) is 12.7. The molecule has 0 spiro atoms. The van der Waals surface area contributed by atoms with Gasteiger partial charge in [-0.2, -0.15) is 13.2 Å². The number of nitrogens with zero attached hydrogens (tertiary/aromatic N) is 3. The number of aromatic nitrogens is 2. The number of anilines is 1. The van der Waals surface area contributed by atoms with Gasteiger partial charge in [-0.15, -0.1) is 0 Å². The average Bonchev–Trinajstić information content (AvgIpc) is 3.18. The molecule has 1 fully saturated rings. The van der Waals surface area contributed by atoms with Gasteiger partial charge in [-0.1, -0.05) is 29.8 Å². The van der Waals surface area contributed by atoms with Gasteiger partial charge in [0.15, 0.2) is 0 Å². The van der Waals surface area contributed by atoms with Crippen LogP contribution in [-0.4, -0.2) is 34.6 Å². The van der Waals surface area contributed by atoms with Crippen molar-refractivity contribution >= 4 is 45.0 Å². The normalized spacial score (nSPS) is 18.3. The summed E-state index contributed by atoms with van der Waals surface area (Å²) in [7, 11) is 3.79. The fourth-order valence-corrected chi connectivity index (χ4v) is 5.61. The van der Waals surface area contributed by atoms with Crippen LogP contribution in [0.2, 0.25) is 5.02 Å². The van der Waals surface area contributed by atoms with E-state index >= 15 is 0 Å². The van der Waals surface area contributed by atoms with Crippen LogP contribution in [0.3, 0.4) is 0 Å². The predicted octanol–water partition coefficient (Wildman–Crippen LogP) is 6.51. The van der Waals surface area contributed by atoms with Crippen molar-refractivity contribution in [2.45, 2.75) is 50.4 Å². The molecule has 0 aliphatic heterocycles. The first kappa shape index (κ1) is 25.4. The summed E-state index contributed by atoms with van der Waals surface area (Å²) in [6, 6.07) is 13.9. The minimum Gasteiger partial charge on any atom is -0.371 e. The molecule has 1 N–H and O–H groups in total. The van der Waals surface area contributed by atoms with Gasteiger partial charge in [-0.3, -0.25) is 4.79 Å². The Bertz CT molecular complexity index is 1460. The third kappa shape index (κ3) is 5.25. The molecule has 0 saturated heterocycles. The van der Waals surface area contributed by atoms with E-state index < -0.39 is 11.9 Å². The van der Waals surface area contributed by atoms with Crippen LogP contribution in [0.15, 0.2) is 54.7 Å². The molecule has 0 atom stereocenters. The summed E-state index contributed by atoms with van der Waals surface area (Å²) in [6.07, 6.45) is 0.776. The van der Waals surface area contributed by atoms with Gasteiger partial charge in [0.2, 0.25) is 5.91 Å². The number of carbonyl (C=O) groups is 1. The number of hydrogen-bond acceptors (Lipinski definition) is 3. The second-order valence-corrected chi connectivity index (χ2v) is 10.3. The van der Waals surface area contributed by atoms with Crippen LogP contribution >= 0.6 is 11.6 Å². The second-order valence-electron chi connectivity index (χ2n) is 9.83. The maximum atomic E-state index is 13.5. The van der Waals surface area contributed by atoms with Gasteiger partial charge in [0.05, 0.1) is 11.9 Å². The second kappa shape index (κ2) is 9.89. The summed E-state index contributed by atoms with van der Waals surface area (Å²) in [5.41, 5.74) is 1.89. The van der Waals surface area contributed by atoms with Crippen molar-refractivity contribution in [3.8, 4) is 0 Å². The quantitative estimate of drug-likeness (QED) is 0.321. The van der Waals surface area contributed by atoms with E-state index in [2.05, 4.69) is 10.3 Å². The van der Waals surface area contributed by atoms with Gasteiger partial charge in [0.25, 0.3) is 0 Å². The molecule has 9 heteroatoms. The van der Waals surface area contributed by atoms with Crippen molar-refractivity contribution < 1.29 is 18.0 Å². The van der Waals surface area contributed by atoms with E-state index in [1.54, 1.807) is 12.1 Å². The van der Waals surface area contributed by atoms with Crippen LogP contribution in [0.4, 0.5) is 18.9 Å². The summed E-state index contributed by atoms with van der Waals surface area (Å²) in [5, 5.41) is 5.28. The van der Waals surface area contributed by atoms with Crippen LogP contribution < -0.4 is 10.2 Å². The number of alkyl halides is 3. The third-order valence-electron chi connectivity index (χ3n) is 7.36. The summed E-state index contributed by atoms with van der Waals surface area (Å²) < 4.78 is 42.7. The molecule has 1 amide bonds. The number of benzene rings is 2. The number of amides is 1. The third-order valence-corrected chi connectivity index (χ3v) is 7.59. The SMILES string of the molecule is CN(c1cc(C(F)(F)F)nc2ccc(Cl)cc12)C1CCC(NC(=O)Cc2cn(C)c3ccccc23)CC1. The maximum absolute atomic E-state index is 13.5. The first-order chi connectivity index (χ1) is 17.6. The van der Waals surface area contributed by atoms with Gasteiger partial charge in [-0.05, 0) is 61.6 Å². The highest BCUT2D eigenvalue weighted by Gasteiger charge is 2.35. The van der Waals surface area contributed by atoms with Gasteiger partial charge >= 0.3 is 6.18 Å². The summed E-state index contributed by atoms with van der Waals surface area (Å²) in [4.78, 5) is 18.5. The van der Waals surface area contributed by atoms with E-state index in [9.17, 15) is 18.0 Å². The molecule has 0 unspecified atom stereocenters. The van der Waals surface area contributed by atoms with Crippen LogP contribution in [-0.2, 0) is 24.4 Å². The van der Waals surface area contributed by atoms with E-state index in [-0.39, 0.29) is 23.5 Å². The number of halogens is 4. The zero-order valence-electron chi connectivity index (χ0n) is 20.6. The lowest BCUT2D eigenvalue weighted by atomic mass is 9.89. The number of nitrogens with one attached hydrogen (secondary N) is 1. The number of hydrogen-bond donors (Lipinski definition) is 1. The highest BCUT2D eigenvalue weighted by molar-refractivity contribution is 6.31. The molecule has 2 heterocycles. The van der Waals surface area contributed by atoms with E-state index in [0.717, 1.165) is 48.2 Å². The lowest BCUT2D eigenvalue weighted by molar-refractivity contribution is -0.140. The van der Waals surface area contributed by atoms with Gasteiger partial charge in [0, 0.05) is 59.4 Å². The standard InChI is InChI=1S/C28H28ClF3N4O/c1-35-16-17(21-5-3-4-6-24(21)35)13-27(37)33-19-8-10-20(11-9-19)36(2)25-15-26(28(30,31)32)34-23-12-7-18(29)14-22(23)25/h3-7,12,14-16,19-20H,8-11,13H2,1-2H3,(H,33,37). The van der Waals surface area contributed by atoms with E-state index in [1.807, 2.05) is 54.0 Å². The summed E-state index contributed by atoms with van der Waals surface area (Å²) in [5.74, 6) is -0.0160. The van der Waals surface area contributed by atoms with Crippen molar-refractivity contribution in [2.75, 3.05) is 11.9 Å². The zero-order valence-corrected chi connectivity index (χ0v) is 21.4. The Morgan fingerprint density at radius 3 is 2.57 bits per heavy atom. The minimum atomic E-state index is -4.55. The van der Waals surface area contributed by atoms with Crippen molar-refractivity contribution in [1.29, 1.82) is 0 Å². The monoisotopic (exact) mass is 528 g/mol. The topological polar surface area (TPSA) is 50.2 Å². The Morgan fingerprint density at radius 2 is 1.84 bits per heavy atom. The fourth-order valence-electron chi connectivity index (χ4n) is 5.44. The summed E-state index contributed by atoms with van der Waals surface area (Å²) >= 11 is 6.16. The minimum absolute atomic E-state index is 0.0160. The average molecular weight is 529 g/mol. The summed E-state index contributed by atoms with van der Waals surface area (Å²) in [6.45, 7) is 0. The van der Waals surface area contributed by atoms with Gasteiger partial charge in [0.1, 0.15) is 5.69 Å². The Hall–Kier alpha value is -3.26. The molecule has 0 bridgehead atoms. The molecule has 2 aromatic heterocycles. The molecule has 1 aliphatic carbocycles. The first-order valence-electron chi connectivity index (χ1n) is 12.3. The van der Waals surface area contributed by atoms with Crippen molar-refractivity contribution in [3.05, 3.63) is 71.0 Å². The van der Waals surface area contributed by atoms with E-state index in [0.29, 0.717) is 22.5 Å². The zero-order chi connectivity index (χ0) is 26.3. The van der Waals surface area contributed by atoms with Crippen LogP contribution in [0, 0.1) is 0 Å². The Balaban J connectivity index is 1.26. The molecule has 37 heavy (non-hydrogen) atoms. The molecule has 194 valence electrons. The highest BCUT2D eigenvalue weighted by atomic mass is 35.5. The Labute approximate surface area is 218 Å². The van der Waals surface area contributed by atoms with Crippen molar-refractivity contribution in [2.24, 2.45) is 7.05 Å². The fraction of sp³-hybridized carbons (Fsp3) is 0.357. The van der Waals surface area contributed by atoms with E-state index in [1.165, 1.54) is 6.07 Å². The number of fused-ring (bicyclic) bond motifs is 2. The predicted molar refractivity (Wildman–Crippen MR) is 141 cm³/mol. The number of rotatable bonds is 5. The molecule has 1 aliphatic rings. The number of aryl methyl sites for hydroxylation is 1. The smallest absolute Gasteiger partial charge is 0.371 e. The van der Waals surface area contributed by atoms with Crippen LogP contribution in [0.25, 0.3) is 21.8 Å². The lowest BCUT2D eigenvalue weighted by Crippen LogP contribution is -2.43. The van der Waals surface area contributed by atoms with Gasteiger partial charge in [-0.25, -0.2) is 4.98 Å². The number of pyridine rings is 1. The lowest BCUT2D eigenvalue weighted by Gasteiger charge is -2.37. The molecular formula is C28H28ClF3N4O. The van der Waals surface area contributed by atoms with Crippen LogP contribution in [0.5, 0.6) is 0 Å². The molecule has 5 nitrogen and oxygen atoms in total. The Kier molecular flexibility index (Phi) is 6.79. The number of para-hydroxylation sites is 1. The van der Waals surface area contributed by atoms with E-state index in [4.69, 9.17) is 11.6 Å². The Morgan fingerprint density at radius 1 is 1.11 bits per heavy atom.